The van der Waals surface area contributed by atoms with Crippen molar-refractivity contribution in [3.05, 3.63) is 87.4 Å². The summed E-state index contributed by atoms with van der Waals surface area (Å²) in [5, 5.41) is 3.65. The van der Waals surface area contributed by atoms with E-state index in [0.717, 1.165) is 4.31 Å². The Morgan fingerprint density at radius 2 is 1.63 bits per heavy atom. The summed E-state index contributed by atoms with van der Waals surface area (Å²) in [5.74, 6) is -0.590. The first-order valence-corrected chi connectivity index (χ1v) is 15.5. The third kappa shape index (κ3) is 8.07. The molecular formula is C29H32Cl3N3O5S. The van der Waals surface area contributed by atoms with E-state index in [9.17, 15) is 18.0 Å². The van der Waals surface area contributed by atoms with Crippen molar-refractivity contribution in [2.75, 3.05) is 24.5 Å². The molecule has 41 heavy (non-hydrogen) atoms. The van der Waals surface area contributed by atoms with Crippen molar-refractivity contribution in [2.24, 2.45) is 0 Å². The number of carbonyl (C=O) groups is 2. The third-order valence-electron chi connectivity index (χ3n) is 6.31. The Labute approximate surface area is 256 Å². The summed E-state index contributed by atoms with van der Waals surface area (Å²) in [5.41, 5.74) is 0.783. The van der Waals surface area contributed by atoms with E-state index in [1.165, 1.54) is 42.3 Å². The number of halogens is 3. The van der Waals surface area contributed by atoms with Crippen molar-refractivity contribution in [3.8, 4) is 5.75 Å². The van der Waals surface area contributed by atoms with Gasteiger partial charge in [-0.3, -0.25) is 13.9 Å². The van der Waals surface area contributed by atoms with Gasteiger partial charge in [-0.15, -0.1) is 0 Å². The van der Waals surface area contributed by atoms with Gasteiger partial charge in [-0.1, -0.05) is 72.9 Å². The molecule has 0 unspecified atom stereocenters. The molecule has 0 aliphatic carbocycles. The first kappa shape index (κ1) is 32.5. The molecule has 3 aromatic carbocycles. The normalized spacial score (nSPS) is 12.0. The van der Waals surface area contributed by atoms with Crippen molar-refractivity contribution in [1.82, 2.24) is 10.2 Å². The molecule has 220 valence electrons. The molecule has 3 aromatic rings. The molecule has 0 heterocycles. The van der Waals surface area contributed by atoms with Gasteiger partial charge in [-0.05, 0) is 60.9 Å². The first-order valence-electron chi connectivity index (χ1n) is 13.0. The molecule has 0 bridgehead atoms. The Morgan fingerprint density at radius 1 is 0.927 bits per heavy atom. The van der Waals surface area contributed by atoms with Crippen molar-refractivity contribution >= 4 is 62.3 Å². The van der Waals surface area contributed by atoms with Crippen LogP contribution in [0.3, 0.4) is 0 Å². The van der Waals surface area contributed by atoms with Crippen molar-refractivity contribution in [2.45, 2.75) is 44.2 Å². The van der Waals surface area contributed by atoms with Crippen LogP contribution in [0.5, 0.6) is 5.75 Å². The Balaban J connectivity index is 2.09. The summed E-state index contributed by atoms with van der Waals surface area (Å²) in [6.45, 7) is 3.54. The smallest absolute Gasteiger partial charge is 0.264 e. The number of amides is 2. The molecule has 0 fully saturated rings. The molecule has 0 radical (unpaired) electrons. The van der Waals surface area contributed by atoms with Crippen LogP contribution < -0.4 is 14.4 Å². The van der Waals surface area contributed by atoms with Crippen molar-refractivity contribution < 1.29 is 22.7 Å². The topological polar surface area (TPSA) is 96.0 Å². The molecule has 2 amide bonds. The second-order valence-corrected chi connectivity index (χ2v) is 12.2. The number of benzene rings is 3. The summed E-state index contributed by atoms with van der Waals surface area (Å²) in [7, 11) is -2.78. The molecule has 3 rings (SSSR count). The van der Waals surface area contributed by atoms with Gasteiger partial charge in [0, 0.05) is 13.1 Å². The number of hydrogen-bond acceptors (Lipinski definition) is 5. The lowest BCUT2D eigenvalue weighted by molar-refractivity contribution is -0.140. The molecule has 0 aliphatic heterocycles. The maximum atomic E-state index is 14.1. The van der Waals surface area contributed by atoms with Crippen LogP contribution in [0.15, 0.2) is 71.6 Å². The number of rotatable bonds is 13. The van der Waals surface area contributed by atoms with Crippen LogP contribution in [0.2, 0.25) is 15.1 Å². The lowest BCUT2D eigenvalue weighted by Crippen LogP contribution is -2.52. The highest BCUT2D eigenvalue weighted by Gasteiger charge is 2.34. The number of anilines is 1. The van der Waals surface area contributed by atoms with Crippen molar-refractivity contribution in [1.29, 1.82) is 0 Å². The fraction of sp³-hybridized carbons (Fsp3) is 0.310. The van der Waals surface area contributed by atoms with Gasteiger partial charge in [-0.2, -0.15) is 0 Å². The Morgan fingerprint density at radius 3 is 2.22 bits per heavy atom. The highest BCUT2D eigenvalue weighted by atomic mass is 35.5. The predicted octanol–water partition coefficient (Wildman–Crippen LogP) is 6.18. The third-order valence-corrected chi connectivity index (χ3v) is 9.13. The number of ether oxygens (including phenoxy) is 1. The SMILES string of the molecule is CCCNC(=O)[C@@H](CC)N(Cc1ccc(Cl)c(Cl)c1)C(=O)CN(c1ccc(OC)c(Cl)c1)S(=O)(=O)c1ccccc1. The van der Waals surface area contributed by atoms with Gasteiger partial charge in [0.2, 0.25) is 11.8 Å². The highest BCUT2D eigenvalue weighted by molar-refractivity contribution is 7.92. The molecule has 8 nitrogen and oxygen atoms in total. The molecule has 1 N–H and O–H groups in total. The summed E-state index contributed by atoms with van der Waals surface area (Å²) in [4.78, 5) is 28.6. The number of nitrogens with one attached hydrogen (secondary N) is 1. The Hall–Kier alpha value is -2.98. The van der Waals surface area contributed by atoms with Crippen molar-refractivity contribution in [3.63, 3.8) is 0 Å². The minimum atomic E-state index is -4.22. The van der Waals surface area contributed by atoms with Crippen LogP contribution >= 0.6 is 34.8 Å². The standard InChI is InChI=1S/C29H32Cl3N3O5S/c1-4-15-33-29(37)26(5-2)34(18-20-11-13-23(30)24(31)16-20)28(36)19-35(21-12-14-27(40-3)25(32)17-21)41(38,39)22-9-7-6-8-10-22/h6-14,16-17,26H,4-5,15,18-19H2,1-3H3,(H,33,37)/t26-/m1/s1. The average molecular weight is 641 g/mol. The first-order chi connectivity index (χ1) is 19.5. The molecule has 0 saturated carbocycles. The van der Waals surface area contributed by atoms with Gasteiger partial charge in [0.15, 0.2) is 0 Å². The Bertz CT molecular complexity index is 1470. The second kappa shape index (κ2) is 14.8. The quantitative estimate of drug-likeness (QED) is 0.241. The van der Waals surface area contributed by atoms with Crippen LogP contribution in [-0.2, 0) is 26.2 Å². The fourth-order valence-corrected chi connectivity index (χ4v) is 6.18. The number of hydrogen-bond donors (Lipinski definition) is 1. The summed E-state index contributed by atoms with van der Waals surface area (Å²) in [6.07, 6.45) is 1.01. The van der Waals surface area contributed by atoms with Gasteiger partial charge < -0.3 is 15.0 Å². The maximum absolute atomic E-state index is 14.1. The summed E-state index contributed by atoms with van der Waals surface area (Å²) in [6, 6.07) is 16.3. The molecule has 1 atom stereocenters. The van der Waals surface area contributed by atoms with E-state index in [4.69, 9.17) is 39.5 Å². The Kier molecular flexibility index (Phi) is 11.7. The average Bonchev–Trinajstić information content (AvgIpc) is 2.96. The highest BCUT2D eigenvalue weighted by Crippen LogP contribution is 2.32. The van der Waals surface area contributed by atoms with Gasteiger partial charge >= 0.3 is 0 Å². The number of sulfonamides is 1. The minimum Gasteiger partial charge on any atom is -0.495 e. The van der Waals surface area contributed by atoms with Crippen LogP contribution in [0, 0.1) is 0 Å². The van der Waals surface area contributed by atoms with Crippen LogP contribution in [0.1, 0.15) is 32.3 Å². The van der Waals surface area contributed by atoms with Gasteiger partial charge in [-0.25, -0.2) is 8.42 Å². The van der Waals surface area contributed by atoms with E-state index in [1.807, 2.05) is 6.92 Å². The number of carbonyl (C=O) groups excluding carboxylic acids is 2. The van der Waals surface area contributed by atoms with E-state index in [2.05, 4.69) is 5.32 Å². The largest absolute Gasteiger partial charge is 0.495 e. The number of nitrogens with zero attached hydrogens (tertiary/aromatic N) is 2. The molecule has 0 aromatic heterocycles. The predicted molar refractivity (Wildman–Crippen MR) is 163 cm³/mol. The van der Waals surface area contributed by atoms with E-state index in [-0.39, 0.29) is 28.1 Å². The van der Waals surface area contributed by atoms with E-state index in [1.54, 1.807) is 43.3 Å². The van der Waals surface area contributed by atoms with Crippen LogP contribution in [0.4, 0.5) is 5.69 Å². The van der Waals surface area contributed by atoms with E-state index < -0.39 is 28.5 Å². The zero-order valence-corrected chi connectivity index (χ0v) is 26.0. The monoisotopic (exact) mass is 639 g/mol. The molecule has 0 saturated heterocycles. The lowest BCUT2D eigenvalue weighted by atomic mass is 10.1. The van der Waals surface area contributed by atoms with Crippen LogP contribution in [-0.4, -0.2) is 51.4 Å². The maximum Gasteiger partial charge on any atom is 0.264 e. The molecule has 0 spiro atoms. The van der Waals surface area contributed by atoms with Gasteiger partial charge in [0.05, 0.1) is 32.8 Å². The minimum absolute atomic E-state index is 0.00360. The van der Waals surface area contributed by atoms with Gasteiger partial charge in [0.25, 0.3) is 10.0 Å². The second-order valence-electron chi connectivity index (χ2n) is 9.13. The van der Waals surface area contributed by atoms with E-state index >= 15 is 0 Å². The fourth-order valence-electron chi connectivity index (χ4n) is 4.18. The molecular weight excluding hydrogens is 609 g/mol. The van der Waals surface area contributed by atoms with Crippen LogP contribution in [0.25, 0.3) is 0 Å². The summed E-state index contributed by atoms with van der Waals surface area (Å²) >= 11 is 18.7. The van der Waals surface area contributed by atoms with E-state index in [0.29, 0.717) is 40.7 Å². The zero-order chi connectivity index (χ0) is 30.2. The molecule has 12 heteroatoms. The molecule has 0 aliphatic rings. The van der Waals surface area contributed by atoms with Gasteiger partial charge in [0.1, 0.15) is 18.3 Å². The number of methoxy groups -OCH3 is 1. The zero-order valence-electron chi connectivity index (χ0n) is 22.9. The lowest BCUT2D eigenvalue weighted by Gasteiger charge is -2.33. The summed E-state index contributed by atoms with van der Waals surface area (Å²) < 4.78 is 34.0.